The first kappa shape index (κ1) is 12.3. The van der Waals surface area contributed by atoms with E-state index in [-0.39, 0.29) is 11.2 Å². The van der Waals surface area contributed by atoms with E-state index in [2.05, 4.69) is 9.69 Å². The Morgan fingerprint density at radius 3 is 3.06 bits per heavy atom. The molecule has 5 nitrogen and oxygen atoms in total. The molecule has 6 heteroatoms. The van der Waals surface area contributed by atoms with Gasteiger partial charge < -0.3 is 15.2 Å². The lowest BCUT2D eigenvalue weighted by Crippen LogP contribution is -2.32. The zero-order valence-corrected chi connectivity index (χ0v) is 10.8. The minimum atomic E-state index is -0.934. The molecule has 0 aliphatic carbocycles. The largest absolute Gasteiger partial charge is 0.478 e. The van der Waals surface area contributed by atoms with Gasteiger partial charge in [0.25, 0.3) is 0 Å². The van der Waals surface area contributed by atoms with Gasteiger partial charge in [-0.3, -0.25) is 0 Å². The third kappa shape index (κ3) is 2.58. The maximum absolute atomic E-state index is 11.1. The van der Waals surface area contributed by atoms with Gasteiger partial charge in [-0.25, -0.2) is 4.79 Å². The van der Waals surface area contributed by atoms with Gasteiger partial charge in [0, 0.05) is 13.2 Å². The molecule has 1 aromatic rings. The summed E-state index contributed by atoms with van der Waals surface area (Å²) in [6.45, 7) is 5.15. The van der Waals surface area contributed by atoms with Crippen molar-refractivity contribution < 1.29 is 14.6 Å². The summed E-state index contributed by atoms with van der Waals surface area (Å²) in [5, 5.41) is 12.9. The Morgan fingerprint density at radius 1 is 1.71 bits per heavy atom. The molecule has 0 amide bonds. The Morgan fingerprint density at radius 2 is 2.47 bits per heavy atom. The van der Waals surface area contributed by atoms with Crippen LogP contribution in [0, 0.1) is 6.92 Å². The highest BCUT2D eigenvalue weighted by Gasteiger charge is 2.30. The summed E-state index contributed by atoms with van der Waals surface area (Å²) in [6.07, 6.45) is 2.06. The van der Waals surface area contributed by atoms with Crippen molar-refractivity contribution in [3.05, 3.63) is 11.3 Å². The lowest BCUT2D eigenvalue weighted by molar-refractivity contribution is 0.0315. The summed E-state index contributed by atoms with van der Waals surface area (Å²) in [7, 11) is 0. The number of nitrogens with zero attached hydrogens (tertiary/aromatic N) is 1. The molecule has 1 aliphatic heterocycles. The van der Waals surface area contributed by atoms with Crippen molar-refractivity contribution in [2.45, 2.75) is 32.3 Å². The molecule has 0 spiro atoms. The number of nitrogens with one attached hydrogen (secondary N) is 1. The van der Waals surface area contributed by atoms with Gasteiger partial charge in [-0.05, 0) is 38.2 Å². The number of aromatic nitrogens is 1. The second-order valence-electron chi connectivity index (χ2n) is 4.53. The fraction of sp³-hybridized carbons (Fsp3) is 0.636. The van der Waals surface area contributed by atoms with Crippen LogP contribution < -0.4 is 5.32 Å². The number of anilines is 1. The van der Waals surface area contributed by atoms with Crippen molar-refractivity contribution in [1.29, 1.82) is 0 Å². The predicted molar refractivity (Wildman–Crippen MR) is 65.9 cm³/mol. The Balaban J connectivity index is 2.06. The van der Waals surface area contributed by atoms with Gasteiger partial charge in [0.2, 0.25) is 0 Å². The van der Waals surface area contributed by atoms with Crippen molar-refractivity contribution in [1.82, 2.24) is 4.37 Å². The highest BCUT2D eigenvalue weighted by atomic mass is 32.1. The van der Waals surface area contributed by atoms with Crippen molar-refractivity contribution in [2.75, 3.05) is 18.5 Å². The van der Waals surface area contributed by atoms with Crippen LogP contribution in [-0.2, 0) is 4.74 Å². The molecule has 94 valence electrons. The molecule has 2 rings (SSSR count). The van der Waals surface area contributed by atoms with Gasteiger partial charge in [-0.2, -0.15) is 4.37 Å². The van der Waals surface area contributed by atoms with Crippen LogP contribution in [0.15, 0.2) is 0 Å². The average Bonchev–Trinajstić information content (AvgIpc) is 2.83. The number of carbonyl (C=O) groups is 1. The number of carboxylic acid groups (broad SMARTS) is 1. The summed E-state index contributed by atoms with van der Waals surface area (Å²) in [5.41, 5.74) is 0.646. The summed E-state index contributed by atoms with van der Waals surface area (Å²) in [5.74, 6) is -0.934. The smallest absolute Gasteiger partial charge is 0.340 e. The van der Waals surface area contributed by atoms with Gasteiger partial charge in [-0.1, -0.05) is 0 Å². The van der Waals surface area contributed by atoms with E-state index in [4.69, 9.17) is 9.84 Å². The van der Waals surface area contributed by atoms with E-state index >= 15 is 0 Å². The maximum Gasteiger partial charge on any atom is 0.340 e. The number of hydrogen-bond donors (Lipinski definition) is 2. The lowest BCUT2D eigenvalue weighted by Gasteiger charge is -2.23. The van der Waals surface area contributed by atoms with E-state index in [1.165, 1.54) is 11.5 Å². The van der Waals surface area contributed by atoms with Crippen LogP contribution in [0.25, 0.3) is 0 Å². The fourth-order valence-electron chi connectivity index (χ4n) is 1.99. The third-order valence-electron chi connectivity index (χ3n) is 3.00. The van der Waals surface area contributed by atoms with E-state index in [1.54, 1.807) is 6.92 Å². The minimum Gasteiger partial charge on any atom is -0.478 e. The van der Waals surface area contributed by atoms with Gasteiger partial charge in [-0.15, -0.1) is 0 Å². The second-order valence-corrected chi connectivity index (χ2v) is 5.31. The average molecular weight is 256 g/mol. The molecule has 2 heterocycles. The second kappa shape index (κ2) is 4.62. The van der Waals surface area contributed by atoms with Crippen LogP contribution >= 0.6 is 11.5 Å². The zero-order valence-electron chi connectivity index (χ0n) is 9.95. The number of hydrogen-bond acceptors (Lipinski definition) is 5. The van der Waals surface area contributed by atoms with E-state index in [0.717, 1.165) is 19.4 Å². The van der Waals surface area contributed by atoms with Gasteiger partial charge in [0.15, 0.2) is 0 Å². The molecule has 0 aromatic carbocycles. The van der Waals surface area contributed by atoms with E-state index < -0.39 is 5.97 Å². The van der Waals surface area contributed by atoms with Gasteiger partial charge >= 0.3 is 5.97 Å². The molecule has 1 atom stereocenters. The topological polar surface area (TPSA) is 71.5 Å². The molecule has 0 radical (unpaired) electrons. The van der Waals surface area contributed by atoms with E-state index in [0.29, 0.717) is 17.2 Å². The Kier molecular flexibility index (Phi) is 3.35. The van der Waals surface area contributed by atoms with Crippen LogP contribution in [0.2, 0.25) is 0 Å². The number of aryl methyl sites for hydroxylation is 1. The normalized spacial score (nSPS) is 23.9. The Bertz CT molecular complexity index is 424. The van der Waals surface area contributed by atoms with Crippen LogP contribution in [0.1, 0.15) is 35.8 Å². The molecule has 1 aromatic heterocycles. The van der Waals surface area contributed by atoms with Crippen molar-refractivity contribution in [2.24, 2.45) is 0 Å². The summed E-state index contributed by atoms with van der Waals surface area (Å²) >= 11 is 1.19. The lowest BCUT2D eigenvalue weighted by atomic mass is 10.0. The molecule has 1 unspecified atom stereocenters. The standard InChI is InChI=1S/C11H16N2O3S/c1-7-8(10(14)15)9(17-13-7)12-6-11(2)4-3-5-16-11/h12H,3-6H2,1-2H3,(H,14,15). The first-order valence-electron chi connectivity index (χ1n) is 5.59. The molecule has 2 N–H and O–H groups in total. The third-order valence-corrected chi connectivity index (χ3v) is 3.90. The molecule has 0 bridgehead atoms. The molecule has 1 fully saturated rings. The van der Waals surface area contributed by atoms with Crippen molar-refractivity contribution >= 4 is 22.5 Å². The zero-order chi connectivity index (χ0) is 12.5. The summed E-state index contributed by atoms with van der Waals surface area (Å²) < 4.78 is 9.71. The predicted octanol–water partition coefficient (Wildman–Crippen LogP) is 2.13. The number of aromatic carboxylic acids is 1. The molecule has 0 saturated carbocycles. The van der Waals surface area contributed by atoms with Crippen LogP contribution in [0.4, 0.5) is 5.00 Å². The Hall–Kier alpha value is -1.14. The van der Waals surface area contributed by atoms with Crippen LogP contribution in [0.3, 0.4) is 0 Å². The Labute approximate surface area is 104 Å². The first-order chi connectivity index (χ1) is 8.02. The summed E-state index contributed by atoms with van der Waals surface area (Å²) in [6, 6.07) is 0. The molecule has 17 heavy (non-hydrogen) atoms. The summed E-state index contributed by atoms with van der Waals surface area (Å²) in [4.78, 5) is 11.1. The number of ether oxygens (including phenoxy) is 1. The minimum absolute atomic E-state index is 0.187. The van der Waals surface area contributed by atoms with Crippen LogP contribution in [-0.4, -0.2) is 34.2 Å². The highest BCUT2D eigenvalue weighted by Crippen LogP contribution is 2.29. The quantitative estimate of drug-likeness (QED) is 0.863. The van der Waals surface area contributed by atoms with Crippen molar-refractivity contribution in [3.63, 3.8) is 0 Å². The monoisotopic (exact) mass is 256 g/mol. The SMILES string of the molecule is Cc1nsc(NCC2(C)CCCO2)c1C(=O)O. The van der Waals surface area contributed by atoms with E-state index in [9.17, 15) is 4.79 Å². The first-order valence-corrected chi connectivity index (χ1v) is 6.36. The molecular formula is C11H16N2O3S. The van der Waals surface area contributed by atoms with Crippen molar-refractivity contribution in [3.8, 4) is 0 Å². The molecular weight excluding hydrogens is 240 g/mol. The highest BCUT2D eigenvalue weighted by molar-refractivity contribution is 7.10. The molecule has 1 saturated heterocycles. The van der Waals surface area contributed by atoms with Gasteiger partial charge in [0.05, 0.1) is 11.3 Å². The number of rotatable bonds is 4. The van der Waals surface area contributed by atoms with Gasteiger partial charge in [0.1, 0.15) is 10.6 Å². The van der Waals surface area contributed by atoms with E-state index in [1.807, 2.05) is 6.92 Å². The fourth-order valence-corrected chi connectivity index (χ4v) is 2.77. The number of carboxylic acids is 1. The van der Waals surface area contributed by atoms with Crippen LogP contribution in [0.5, 0.6) is 0 Å². The molecule has 1 aliphatic rings. The maximum atomic E-state index is 11.1.